The van der Waals surface area contributed by atoms with Gasteiger partial charge in [-0.3, -0.25) is 14.6 Å². The van der Waals surface area contributed by atoms with Crippen LogP contribution in [-0.4, -0.2) is 71.6 Å². The number of unbranched alkanes of at least 4 members (excludes halogenated alkanes) is 6. The highest BCUT2D eigenvalue weighted by Crippen LogP contribution is 2.33. The van der Waals surface area contributed by atoms with Crippen molar-refractivity contribution < 1.29 is 24.5 Å². The summed E-state index contributed by atoms with van der Waals surface area (Å²) in [4.78, 5) is 31.9. The average Bonchev–Trinajstić information content (AvgIpc) is 3.16. The number of rotatable bonds is 18. The van der Waals surface area contributed by atoms with Crippen molar-refractivity contribution in [2.45, 2.75) is 76.5 Å². The molecule has 0 unspecified atom stereocenters. The Kier molecular flexibility index (Phi) is 13.5. The molecule has 0 spiro atoms. The monoisotopic (exact) mass is 730 g/mol. The molecule has 4 aromatic rings. The number of pyridine rings is 1. The highest BCUT2D eigenvalue weighted by atomic mass is 35.5. The molecular weight excluding hydrogens is 680 g/mol. The van der Waals surface area contributed by atoms with Crippen molar-refractivity contribution >= 4 is 34.3 Å². The molecule has 3 aliphatic rings. The van der Waals surface area contributed by atoms with E-state index < -0.39 is 6.10 Å². The number of piperidine rings is 3. The maximum absolute atomic E-state index is 13.6. The number of carbonyl (C=O) groups is 1. The second-order valence-electron chi connectivity index (χ2n) is 14.0. The molecule has 278 valence electrons. The number of phenols is 1. The number of aromatic hydroxyl groups is 1. The van der Waals surface area contributed by atoms with Crippen LogP contribution in [0.1, 0.15) is 75.0 Å². The smallest absolute Gasteiger partial charge is 0.414 e. The summed E-state index contributed by atoms with van der Waals surface area (Å²) in [6.07, 6.45) is 8.55. The molecule has 2 bridgehead atoms. The molecule has 7 rings (SSSR count). The van der Waals surface area contributed by atoms with E-state index in [9.17, 15) is 19.8 Å². The molecular formula is C41H51ClN4O6. The number of anilines is 1. The van der Waals surface area contributed by atoms with Crippen LogP contribution in [0.3, 0.4) is 0 Å². The molecule has 3 aromatic carbocycles. The third-order valence-electron chi connectivity index (χ3n) is 10.4. The number of aromatic nitrogens is 1. The molecule has 4 heterocycles. The summed E-state index contributed by atoms with van der Waals surface area (Å²) in [5, 5.41) is 25.3. The fourth-order valence-corrected chi connectivity index (χ4v) is 7.62. The molecule has 52 heavy (non-hydrogen) atoms. The topological polar surface area (TPSA) is 127 Å². The number of fused-ring (bicyclic) bond motifs is 4. The summed E-state index contributed by atoms with van der Waals surface area (Å²) in [5.74, 6) is 1.04. The quantitative estimate of drug-likeness (QED) is 0.0773. The SMILES string of the molecule is O=C(O[C@H]1CN2CCC1CC2)N(Cc1cccc(OCCCCCCCCCNC[C@H](O)c2ccc(O)c3[nH]c(=O)ccc23)c1Cl)c1ccccc1. The van der Waals surface area contributed by atoms with Gasteiger partial charge >= 0.3 is 6.09 Å². The van der Waals surface area contributed by atoms with Gasteiger partial charge in [-0.25, -0.2) is 4.79 Å². The van der Waals surface area contributed by atoms with Crippen molar-refractivity contribution in [2.24, 2.45) is 5.92 Å². The Morgan fingerprint density at radius 1 is 0.942 bits per heavy atom. The normalized spacial score (nSPS) is 18.7. The van der Waals surface area contributed by atoms with Gasteiger partial charge in [0, 0.05) is 30.2 Å². The van der Waals surface area contributed by atoms with Crippen LogP contribution in [-0.2, 0) is 11.3 Å². The zero-order chi connectivity index (χ0) is 36.3. The molecule has 10 nitrogen and oxygen atoms in total. The predicted molar refractivity (Wildman–Crippen MR) is 205 cm³/mol. The number of hydrogen-bond acceptors (Lipinski definition) is 8. The Hall–Kier alpha value is -4.09. The Labute approximate surface area is 310 Å². The molecule has 4 N–H and O–H groups in total. The maximum Gasteiger partial charge on any atom is 0.414 e. The van der Waals surface area contributed by atoms with Crippen LogP contribution in [0.25, 0.3) is 10.9 Å². The Balaban J connectivity index is 0.871. The molecule has 3 aliphatic heterocycles. The number of ether oxygens (including phenoxy) is 2. The highest BCUT2D eigenvalue weighted by molar-refractivity contribution is 6.32. The molecule has 1 amide bonds. The molecule has 1 aromatic heterocycles. The lowest BCUT2D eigenvalue weighted by atomic mass is 9.86. The van der Waals surface area contributed by atoms with Crippen molar-refractivity contribution in [3.05, 3.63) is 99.3 Å². The lowest BCUT2D eigenvalue weighted by molar-refractivity contribution is -0.0311. The number of aliphatic hydroxyl groups excluding tert-OH is 1. The minimum absolute atomic E-state index is 0.0132. The van der Waals surface area contributed by atoms with Crippen LogP contribution in [0.4, 0.5) is 10.5 Å². The van der Waals surface area contributed by atoms with E-state index in [1.165, 1.54) is 12.1 Å². The number of nitrogens with one attached hydrogen (secondary N) is 2. The van der Waals surface area contributed by atoms with Gasteiger partial charge in [0.2, 0.25) is 5.56 Å². The van der Waals surface area contributed by atoms with E-state index in [2.05, 4.69) is 15.2 Å². The fraction of sp³-hybridized carbons (Fsp3) is 0.463. The van der Waals surface area contributed by atoms with E-state index >= 15 is 0 Å². The number of aliphatic hydroxyl groups is 1. The van der Waals surface area contributed by atoms with Gasteiger partial charge in [-0.1, -0.05) is 80.1 Å². The molecule has 3 fully saturated rings. The number of hydrogen-bond donors (Lipinski definition) is 4. The minimum atomic E-state index is -0.749. The number of phenolic OH excluding ortho intramolecular Hbond substituents is 1. The number of halogens is 1. The Bertz CT molecular complexity index is 1810. The lowest BCUT2D eigenvalue weighted by Gasteiger charge is -2.44. The second kappa shape index (κ2) is 18.6. The van der Waals surface area contributed by atoms with E-state index in [-0.39, 0.29) is 30.1 Å². The number of H-pyrrole nitrogens is 1. The first-order valence-electron chi connectivity index (χ1n) is 18.8. The van der Waals surface area contributed by atoms with Crippen LogP contribution < -0.4 is 20.5 Å². The molecule has 2 atom stereocenters. The van der Waals surface area contributed by atoms with Crippen molar-refractivity contribution in [3.8, 4) is 11.5 Å². The van der Waals surface area contributed by atoms with Crippen LogP contribution in [0.5, 0.6) is 11.5 Å². The van der Waals surface area contributed by atoms with Crippen LogP contribution >= 0.6 is 11.6 Å². The van der Waals surface area contributed by atoms with Crippen molar-refractivity contribution in [1.29, 1.82) is 0 Å². The van der Waals surface area contributed by atoms with E-state index in [1.54, 1.807) is 17.0 Å². The third kappa shape index (κ3) is 9.86. The van der Waals surface area contributed by atoms with Gasteiger partial charge in [-0.05, 0) is 92.7 Å². The van der Waals surface area contributed by atoms with Gasteiger partial charge in [0.05, 0.1) is 29.8 Å². The summed E-state index contributed by atoms with van der Waals surface area (Å²) in [5.41, 5.74) is 2.29. The number of nitrogens with zero attached hydrogens (tertiary/aromatic N) is 2. The maximum atomic E-state index is 13.6. The summed E-state index contributed by atoms with van der Waals surface area (Å²) in [6, 6.07) is 21.6. The van der Waals surface area contributed by atoms with Crippen LogP contribution in [0.2, 0.25) is 5.02 Å². The Morgan fingerprint density at radius 2 is 1.69 bits per heavy atom. The van der Waals surface area contributed by atoms with Gasteiger partial charge in [-0.2, -0.15) is 0 Å². The summed E-state index contributed by atoms with van der Waals surface area (Å²) < 4.78 is 12.2. The van der Waals surface area contributed by atoms with Crippen LogP contribution in [0.15, 0.2) is 77.6 Å². The van der Waals surface area contributed by atoms with Gasteiger partial charge in [-0.15, -0.1) is 0 Å². The van der Waals surface area contributed by atoms with Gasteiger partial charge in [0.15, 0.2) is 0 Å². The van der Waals surface area contributed by atoms with Gasteiger partial charge in [0.1, 0.15) is 17.6 Å². The zero-order valence-electron chi connectivity index (χ0n) is 29.8. The Morgan fingerprint density at radius 3 is 2.44 bits per heavy atom. The summed E-state index contributed by atoms with van der Waals surface area (Å²) >= 11 is 6.85. The van der Waals surface area contributed by atoms with Crippen LogP contribution in [0, 0.1) is 5.92 Å². The van der Waals surface area contributed by atoms with E-state index in [0.717, 1.165) is 95.2 Å². The highest BCUT2D eigenvalue weighted by Gasteiger charge is 2.37. The first-order valence-corrected chi connectivity index (χ1v) is 19.1. The summed E-state index contributed by atoms with van der Waals surface area (Å²) in [6.45, 7) is 5.05. The minimum Gasteiger partial charge on any atom is -0.506 e. The first-order chi connectivity index (χ1) is 25.4. The third-order valence-corrected chi connectivity index (χ3v) is 10.8. The molecule has 0 aliphatic carbocycles. The number of carbonyl (C=O) groups excluding carboxylic acids is 1. The van der Waals surface area contributed by atoms with Gasteiger partial charge < -0.3 is 30.0 Å². The van der Waals surface area contributed by atoms with Crippen molar-refractivity contribution in [1.82, 2.24) is 15.2 Å². The van der Waals surface area contributed by atoms with Crippen molar-refractivity contribution in [3.63, 3.8) is 0 Å². The van der Waals surface area contributed by atoms with Gasteiger partial charge in [0.25, 0.3) is 0 Å². The molecule has 0 saturated carbocycles. The molecule has 11 heteroatoms. The van der Waals surface area contributed by atoms with E-state index in [0.29, 0.717) is 46.3 Å². The average molecular weight is 731 g/mol. The lowest BCUT2D eigenvalue weighted by Crippen LogP contribution is -2.53. The number of benzene rings is 3. The summed E-state index contributed by atoms with van der Waals surface area (Å²) in [7, 11) is 0. The first kappa shape index (κ1) is 37.7. The number of aromatic amines is 1. The molecule has 3 saturated heterocycles. The van der Waals surface area contributed by atoms with E-state index in [1.807, 2.05) is 48.5 Å². The largest absolute Gasteiger partial charge is 0.506 e. The number of para-hydroxylation sites is 1. The second-order valence-corrected chi connectivity index (χ2v) is 14.4. The number of amides is 1. The molecule has 0 radical (unpaired) electrons. The fourth-order valence-electron chi connectivity index (χ4n) is 7.38. The van der Waals surface area contributed by atoms with Crippen molar-refractivity contribution in [2.75, 3.05) is 44.2 Å². The predicted octanol–water partition coefficient (Wildman–Crippen LogP) is 7.56. The van der Waals surface area contributed by atoms with E-state index in [4.69, 9.17) is 21.1 Å². The standard InChI is InChI=1S/C41H51ClN4O6/c42-39-30(27-46(31-13-7-6-8-14-31)41(50)52-37-28-45-23-20-29(37)21-24-45)12-11-15-36(39)51-25-10-5-3-1-2-4-9-22-43-26-35(48)32-16-18-34(47)40-33(32)17-19-38(49)44-40/h6-8,11-19,29,35,37,43,47-48H,1-5,9-10,20-28H2,(H,44,49)/t35-,37-/m0/s1. The zero-order valence-corrected chi connectivity index (χ0v) is 30.5.